The number of para-hydroxylation sites is 1. The maximum absolute atomic E-state index is 12.7. The van der Waals surface area contributed by atoms with E-state index in [0.29, 0.717) is 5.58 Å². The zero-order chi connectivity index (χ0) is 14.8. The van der Waals surface area contributed by atoms with Crippen LogP contribution in [-0.4, -0.2) is 23.4 Å². The first kappa shape index (κ1) is 13.9. The molecule has 4 heteroatoms. The molecule has 1 fully saturated rings. The number of carbonyl (C=O) groups excluding carboxylic acids is 1. The lowest BCUT2D eigenvalue weighted by atomic mass is 9.99. The third-order valence-corrected chi connectivity index (χ3v) is 4.23. The van der Waals surface area contributed by atoms with Crippen molar-refractivity contribution in [2.24, 2.45) is 0 Å². The molecule has 0 unspecified atom stereocenters. The standard InChI is InChI=1S/C17H19NO3/c1-2-13-8-5-6-10-18(13)16(19)14-11-12-7-3-4-9-15(12)21-17(14)20/h3-4,7,9,11,13H,2,5-6,8,10H2,1H3/t13-/m0/s1. The minimum absolute atomic E-state index is 0.147. The van der Waals surface area contributed by atoms with Crippen LogP contribution >= 0.6 is 0 Å². The summed E-state index contributed by atoms with van der Waals surface area (Å²) in [5, 5.41) is 0.783. The third kappa shape index (κ3) is 2.58. The summed E-state index contributed by atoms with van der Waals surface area (Å²) in [6.45, 7) is 2.81. The second kappa shape index (κ2) is 5.72. The van der Waals surface area contributed by atoms with E-state index in [1.807, 2.05) is 23.1 Å². The predicted octanol–water partition coefficient (Wildman–Crippen LogP) is 3.20. The molecule has 0 saturated carbocycles. The first-order valence-corrected chi connectivity index (χ1v) is 7.54. The van der Waals surface area contributed by atoms with Gasteiger partial charge in [0.15, 0.2) is 0 Å². The molecule has 0 N–H and O–H groups in total. The van der Waals surface area contributed by atoms with Crippen LogP contribution in [0.15, 0.2) is 39.5 Å². The van der Waals surface area contributed by atoms with Crippen molar-refractivity contribution in [2.45, 2.75) is 38.6 Å². The number of nitrogens with zero attached hydrogens (tertiary/aromatic N) is 1. The second-order valence-electron chi connectivity index (χ2n) is 5.54. The van der Waals surface area contributed by atoms with Gasteiger partial charge in [0.05, 0.1) is 0 Å². The summed E-state index contributed by atoms with van der Waals surface area (Å²) < 4.78 is 5.27. The van der Waals surface area contributed by atoms with Crippen molar-refractivity contribution < 1.29 is 9.21 Å². The highest BCUT2D eigenvalue weighted by Gasteiger charge is 2.28. The van der Waals surface area contributed by atoms with Gasteiger partial charge in [-0.2, -0.15) is 0 Å². The van der Waals surface area contributed by atoms with Crippen molar-refractivity contribution in [2.75, 3.05) is 6.54 Å². The Morgan fingerprint density at radius 1 is 1.33 bits per heavy atom. The normalized spacial score (nSPS) is 18.9. The summed E-state index contributed by atoms with van der Waals surface area (Å²) >= 11 is 0. The zero-order valence-corrected chi connectivity index (χ0v) is 12.2. The van der Waals surface area contributed by atoms with Gasteiger partial charge < -0.3 is 9.32 Å². The molecule has 1 amide bonds. The van der Waals surface area contributed by atoms with Crippen LogP contribution in [0.3, 0.4) is 0 Å². The van der Waals surface area contributed by atoms with Crippen molar-refractivity contribution in [3.8, 4) is 0 Å². The Balaban J connectivity index is 2.00. The molecule has 2 aromatic rings. The van der Waals surface area contributed by atoms with Gasteiger partial charge in [0.25, 0.3) is 5.91 Å². The van der Waals surface area contributed by atoms with Gasteiger partial charge in [-0.05, 0) is 37.8 Å². The molecule has 4 nitrogen and oxygen atoms in total. The van der Waals surface area contributed by atoms with Gasteiger partial charge in [-0.3, -0.25) is 4.79 Å². The number of hydrogen-bond donors (Lipinski definition) is 0. The number of amides is 1. The van der Waals surface area contributed by atoms with E-state index in [-0.39, 0.29) is 17.5 Å². The van der Waals surface area contributed by atoms with Crippen molar-refractivity contribution in [3.05, 3.63) is 46.3 Å². The number of fused-ring (bicyclic) bond motifs is 1. The van der Waals surface area contributed by atoms with Crippen molar-refractivity contribution in [1.29, 1.82) is 0 Å². The molecule has 1 aromatic heterocycles. The van der Waals surface area contributed by atoms with Gasteiger partial charge in [0.1, 0.15) is 11.1 Å². The van der Waals surface area contributed by atoms with E-state index < -0.39 is 5.63 Å². The van der Waals surface area contributed by atoms with Gasteiger partial charge in [0, 0.05) is 18.0 Å². The van der Waals surface area contributed by atoms with Gasteiger partial charge in [0.2, 0.25) is 0 Å². The molecule has 110 valence electrons. The Labute approximate surface area is 123 Å². The fourth-order valence-electron chi connectivity index (χ4n) is 3.06. The first-order valence-electron chi connectivity index (χ1n) is 7.54. The Morgan fingerprint density at radius 3 is 2.95 bits per heavy atom. The van der Waals surface area contributed by atoms with E-state index in [1.165, 1.54) is 0 Å². The highest BCUT2D eigenvalue weighted by molar-refractivity contribution is 5.96. The molecule has 21 heavy (non-hydrogen) atoms. The first-order chi connectivity index (χ1) is 10.2. The molecular weight excluding hydrogens is 266 g/mol. The summed E-state index contributed by atoms with van der Waals surface area (Å²) in [4.78, 5) is 26.6. The molecule has 1 aliphatic rings. The highest BCUT2D eigenvalue weighted by Crippen LogP contribution is 2.22. The quantitative estimate of drug-likeness (QED) is 0.796. The number of piperidine rings is 1. The van der Waals surface area contributed by atoms with Gasteiger partial charge in [-0.25, -0.2) is 4.79 Å². The highest BCUT2D eigenvalue weighted by atomic mass is 16.4. The van der Waals surface area contributed by atoms with Crippen LogP contribution in [0.4, 0.5) is 0 Å². The Morgan fingerprint density at radius 2 is 2.14 bits per heavy atom. The summed E-state index contributed by atoms with van der Waals surface area (Å²) in [5.74, 6) is -0.193. The fourth-order valence-corrected chi connectivity index (χ4v) is 3.06. The van der Waals surface area contributed by atoms with Gasteiger partial charge in [-0.15, -0.1) is 0 Å². The Bertz CT molecular complexity index is 719. The molecule has 2 heterocycles. The number of hydrogen-bond acceptors (Lipinski definition) is 3. The summed E-state index contributed by atoms with van der Waals surface area (Å²) in [5.41, 5.74) is 0.123. The third-order valence-electron chi connectivity index (χ3n) is 4.23. The van der Waals surface area contributed by atoms with E-state index in [0.717, 1.165) is 37.6 Å². The van der Waals surface area contributed by atoms with E-state index >= 15 is 0 Å². The molecule has 1 atom stereocenters. The molecule has 1 saturated heterocycles. The second-order valence-corrected chi connectivity index (χ2v) is 5.54. The monoisotopic (exact) mass is 285 g/mol. The van der Waals surface area contributed by atoms with Crippen molar-refractivity contribution in [3.63, 3.8) is 0 Å². The number of benzene rings is 1. The summed E-state index contributed by atoms with van der Waals surface area (Å²) in [6.07, 6.45) is 4.08. The molecule has 1 aliphatic heterocycles. The molecule has 0 aliphatic carbocycles. The summed E-state index contributed by atoms with van der Waals surface area (Å²) in [7, 11) is 0. The average Bonchev–Trinajstić information content (AvgIpc) is 2.53. The smallest absolute Gasteiger partial charge is 0.349 e. The lowest BCUT2D eigenvalue weighted by molar-refractivity contribution is 0.0604. The lowest BCUT2D eigenvalue weighted by Gasteiger charge is -2.35. The molecule has 0 bridgehead atoms. The van der Waals surface area contributed by atoms with Crippen LogP contribution in [0.5, 0.6) is 0 Å². The van der Waals surface area contributed by atoms with Gasteiger partial charge >= 0.3 is 5.63 Å². The van der Waals surface area contributed by atoms with Crippen LogP contribution in [0.25, 0.3) is 11.0 Å². The predicted molar refractivity (Wildman–Crippen MR) is 81.5 cm³/mol. The van der Waals surface area contributed by atoms with E-state index in [4.69, 9.17) is 4.42 Å². The maximum atomic E-state index is 12.7. The summed E-state index contributed by atoms with van der Waals surface area (Å²) in [6, 6.07) is 9.16. The average molecular weight is 285 g/mol. The number of carbonyl (C=O) groups is 1. The van der Waals surface area contributed by atoms with Crippen LogP contribution in [-0.2, 0) is 0 Å². The largest absolute Gasteiger partial charge is 0.422 e. The lowest BCUT2D eigenvalue weighted by Crippen LogP contribution is -2.44. The molecule has 0 spiro atoms. The molecular formula is C17H19NO3. The Kier molecular flexibility index (Phi) is 3.78. The molecule has 3 rings (SSSR count). The van der Waals surface area contributed by atoms with Crippen LogP contribution in [0.2, 0.25) is 0 Å². The zero-order valence-electron chi connectivity index (χ0n) is 12.2. The van der Waals surface area contributed by atoms with Gasteiger partial charge in [-0.1, -0.05) is 25.1 Å². The topological polar surface area (TPSA) is 50.5 Å². The molecule has 1 aromatic carbocycles. The van der Waals surface area contributed by atoms with Crippen molar-refractivity contribution >= 4 is 16.9 Å². The van der Waals surface area contributed by atoms with E-state index in [1.54, 1.807) is 12.1 Å². The van der Waals surface area contributed by atoms with Crippen LogP contribution in [0.1, 0.15) is 43.0 Å². The van der Waals surface area contributed by atoms with E-state index in [2.05, 4.69) is 6.92 Å². The number of likely N-dealkylation sites (tertiary alicyclic amines) is 1. The SMILES string of the molecule is CC[C@H]1CCCCN1C(=O)c1cc2ccccc2oc1=O. The van der Waals surface area contributed by atoms with Crippen molar-refractivity contribution in [1.82, 2.24) is 4.90 Å². The maximum Gasteiger partial charge on any atom is 0.349 e. The van der Waals surface area contributed by atoms with Crippen LogP contribution in [0, 0.1) is 0 Å². The Hall–Kier alpha value is -2.10. The molecule has 0 radical (unpaired) electrons. The van der Waals surface area contributed by atoms with Crippen LogP contribution < -0.4 is 5.63 Å². The minimum atomic E-state index is -0.542. The fraction of sp³-hybridized carbons (Fsp3) is 0.412. The minimum Gasteiger partial charge on any atom is -0.422 e. The number of rotatable bonds is 2. The van der Waals surface area contributed by atoms with E-state index in [9.17, 15) is 9.59 Å².